The maximum Gasteiger partial charge on any atom is 0.168 e. The van der Waals surface area contributed by atoms with Gasteiger partial charge in [0.25, 0.3) is 0 Å². The number of ether oxygens (including phenoxy) is 1. The van der Waals surface area contributed by atoms with Crippen LogP contribution in [0.4, 0.5) is 4.39 Å². The lowest BCUT2D eigenvalue weighted by Gasteiger charge is -2.35. The van der Waals surface area contributed by atoms with E-state index in [-0.39, 0.29) is 5.82 Å². The predicted molar refractivity (Wildman–Crippen MR) is 85.2 cm³/mol. The Morgan fingerprint density at radius 2 is 2.19 bits per heavy atom. The molecule has 0 amide bonds. The number of benzene rings is 1. The van der Waals surface area contributed by atoms with Crippen molar-refractivity contribution >= 4 is 0 Å². The SMILES string of the molecule is CCNC(Cc1cccc(OC)c1F)C1CCCC1(C)C. The minimum absolute atomic E-state index is 0.210. The average molecular weight is 293 g/mol. The van der Waals surface area contributed by atoms with Crippen LogP contribution in [0.15, 0.2) is 18.2 Å². The first-order valence-corrected chi connectivity index (χ1v) is 8.04. The van der Waals surface area contributed by atoms with Crippen molar-refractivity contribution in [1.82, 2.24) is 5.32 Å². The molecule has 2 rings (SSSR count). The Kier molecular flexibility index (Phi) is 5.26. The normalized spacial score (nSPS) is 22.2. The van der Waals surface area contributed by atoms with Crippen molar-refractivity contribution in [3.63, 3.8) is 0 Å². The zero-order valence-corrected chi connectivity index (χ0v) is 13.7. The van der Waals surface area contributed by atoms with Crippen LogP contribution in [0, 0.1) is 17.2 Å². The molecule has 1 saturated carbocycles. The molecule has 2 atom stereocenters. The molecule has 0 saturated heterocycles. The molecular formula is C18H28FNO. The van der Waals surface area contributed by atoms with Gasteiger partial charge < -0.3 is 10.1 Å². The van der Waals surface area contributed by atoms with Gasteiger partial charge in [-0.3, -0.25) is 0 Å². The van der Waals surface area contributed by atoms with Crippen LogP contribution in [0.1, 0.15) is 45.6 Å². The smallest absolute Gasteiger partial charge is 0.168 e. The van der Waals surface area contributed by atoms with Crippen LogP contribution in [0.5, 0.6) is 5.75 Å². The summed E-state index contributed by atoms with van der Waals surface area (Å²) in [6, 6.07) is 5.76. The van der Waals surface area contributed by atoms with E-state index in [0.717, 1.165) is 18.5 Å². The van der Waals surface area contributed by atoms with Crippen molar-refractivity contribution in [1.29, 1.82) is 0 Å². The molecule has 118 valence electrons. The minimum Gasteiger partial charge on any atom is -0.494 e. The quantitative estimate of drug-likeness (QED) is 0.849. The number of halogens is 1. The van der Waals surface area contributed by atoms with Crippen LogP contribution in [-0.4, -0.2) is 19.7 Å². The van der Waals surface area contributed by atoms with Crippen LogP contribution in [0.25, 0.3) is 0 Å². The van der Waals surface area contributed by atoms with Gasteiger partial charge in [-0.05, 0) is 48.8 Å². The van der Waals surface area contributed by atoms with E-state index in [1.54, 1.807) is 6.07 Å². The molecule has 1 fully saturated rings. The van der Waals surface area contributed by atoms with Gasteiger partial charge in [0, 0.05) is 6.04 Å². The van der Waals surface area contributed by atoms with E-state index >= 15 is 0 Å². The second-order valence-electron chi connectivity index (χ2n) is 6.79. The van der Waals surface area contributed by atoms with Gasteiger partial charge in [0.1, 0.15) is 0 Å². The van der Waals surface area contributed by atoms with E-state index < -0.39 is 0 Å². The van der Waals surface area contributed by atoms with Crippen LogP contribution >= 0.6 is 0 Å². The summed E-state index contributed by atoms with van der Waals surface area (Å²) < 4.78 is 19.5. The first kappa shape index (κ1) is 16.3. The summed E-state index contributed by atoms with van der Waals surface area (Å²) in [6.45, 7) is 7.73. The van der Waals surface area contributed by atoms with Gasteiger partial charge in [-0.1, -0.05) is 39.3 Å². The van der Waals surface area contributed by atoms with E-state index in [9.17, 15) is 4.39 Å². The summed E-state index contributed by atoms with van der Waals surface area (Å²) >= 11 is 0. The second kappa shape index (κ2) is 6.78. The number of nitrogens with one attached hydrogen (secondary N) is 1. The maximum absolute atomic E-state index is 14.4. The van der Waals surface area contributed by atoms with E-state index in [4.69, 9.17) is 4.74 Å². The molecule has 1 aromatic rings. The zero-order chi connectivity index (χ0) is 15.5. The molecule has 1 N–H and O–H groups in total. The topological polar surface area (TPSA) is 21.3 Å². The Balaban J connectivity index is 2.20. The maximum atomic E-state index is 14.4. The Morgan fingerprint density at radius 3 is 2.76 bits per heavy atom. The summed E-state index contributed by atoms with van der Waals surface area (Å²) in [5.74, 6) is 0.732. The summed E-state index contributed by atoms with van der Waals surface area (Å²) in [6.07, 6.45) is 4.50. The van der Waals surface area contributed by atoms with E-state index in [1.165, 1.54) is 26.4 Å². The van der Waals surface area contributed by atoms with E-state index in [0.29, 0.717) is 23.1 Å². The van der Waals surface area contributed by atoms with Crippen molar-refractivity contribution in [2.45, 2.75) is 52.5 Å². The Bertz CT molecular complexity index is 472. The van der Waals surface area contributed by atoms with E-state index in [2.05, 4.69) is 26.1 Å². The first-order valence-electron chi connectivity index (χ1n) is 8.04. The zero-order valence-electron chi connectivity index (χ0n) is 13.7. The van der Waals surface area contributed by atoms with Gasteiger partial charge in [0.2, 0.25) is 0 Å². The summed E-state index contributed by atoms with van der Waals surface area (Å²) in [5, 5.41) is 3.59. The lowest BCUT2D eigenvalue weighted by Crippen LogP contribution is -2.42. The molecule has 0 heterocycles. The van der Waals surface area contributed by atoms with Crippen LogP contribution < -0.4 is 10.1 Å². The Hall–Kier alpha value is -1.09. The average Bonchev–Trinajstić information content (AvgIpc) is 2.80. The number of methoxy groups -OCH3 is 1. The second-order valence-corrected chi connectivity index (χ2v) is 6.79. The molecule has 21 heavy (non-hydrogen) atoms. The van der Waals surface area contributed by atoms with Crippen LogP contribution in [0.3, 0.4) is 0 Å². The molecule has 1 aliphatic rings. The fourth-order valence-electron chi connectivity index (χ4n) is 3.83. The highest BCUT2D eigenvalue weighted by molar-refractivity contribution is 5.31. The molecule has 2 unspecified atom stereocenters. The molecule has 1 aromatic carbocycles. The first-order chi connectivity index (χ1) is 9.99. The molecule has 0 radical (unpaired) electrons. The van der Waals surface area contributed by atoms with Gasteiger partial charge in [-0.2, -0.15) is 0 Å². The number of rotatable bonds is 6. The van der Waals surface area contributed by atoms with Crippen molar-refractivity contribution < 1.29 is 9.13 Å². The highest BCUT2D eigenvalue weighted by Crippen LogP contribution is 2.45. The molecule has 0 aromatic heterocycles. The standard InChI is InChI=1S/C18H28FNO/c1-5-20-15(14-9-7-11-18(14,2)3)12-13-8-6-10-16(21-4)17(13)19/h6,8,10,14-15,20H,5,7,9,11-12H2,1-4H3. The third-order valence-corrected chi connectivity index (χ3v) is 5.00. The van der Waals surface area contributed by atoms with Gasteiger partial charge >= 0.3 is 0 Å². The van der Waals surface area contributed by atoms with Gasteiger partial charge in [0.15, 0.2) is 11.6 Å². The molecule has 1 aliphatic carbocycles. The molecule has 2 nitrogen and oxygen atoms in total. The van der Waals surface area contributed by atoms with Gasteiger partial charge in [0.05, 0.1) is 7.11 Å². The molecular weight excluding hydrogens is 265 g/mol. The molecule has 0 spiro atoms. The lowest BCUT2D eigenvalue weighted by molar-refractivity contribution is 0.196. The predicted octanol–water partition coefficient (Wildman–Crippen LogP) is 4.18. The monoisotopic (exact) mass is 293 g/mol. The number of hydrogen-bond donors (Lipinski definition) is 1. The van der Waals surface area contributed by atoms with Crippen molar-refractivity contribution in [3.8, 4) is 5.75 Å². The van der Waals surface area contributed by atoms with Gasteiger partial charge in [-0.25, -0.2) is 4.39 Å². The minimum atomic E-state index is -0.210. The third-order valence-electron chi connectivity index (χ3n) is 5.00. The molecule has 3 heteroatoms. The highest BCUT2D eigenvalue weighted by atomic mass is 19.1. The van der Waals surface area contributed by atoms with Crippen LogP contribution in [-0.2, 0) is 6.42 Å². The fourth-order valence-corrected chi connectivity index (χ4v) is 3.83. The number of hydrogen-bond acceptors (Lipinski definition) is 2. The van der Waals surface area contributed by atoms with E-state index in [1.807, 2.05) is 12.1 Å². The number of likely N-dealkylation sites (N-methyl/N-ethyl adjacent to an activating group) is 1. The lowest BCUT2D eigenvalue weighted by atomic mass is 9.76. The summed E-state index contributed by atoms with van der Waals surface area (Å²) in [7, 11) is 1.52. The van der Waals surface area contributed by atoms with Crippen LogP contribution in [0.2, 0.25) is 0 Å². The molecule has 0 aliphatic heterocycles. The van der Waals surface area contributed by atoms with Crippen molar-refractivity contribution in [2.24, 2.45) is 11.3 Å². The third kappa shape index (κ3) is 3.57. The molecule has 0 bridgehead atoms. The fraction of sp³-hybridized carbons (Fsp3) is 0.667. The highest BCUT2D eigenvalue weighted by Gasteiger charge is 2.39. The van der Waals surface area contributed by atoms with Crippen molar-refractivity contribution in [3.05, 3.63) is 29.6 Å². The largest absolute Gasteiger partial charge is 0.494 e. The van der Waals surface area contributed by atoms with Crippen molar-refractivity contribution in [2.75, 3.05) is 13.7 Å². The van der Waals surface area contributed by atoms with Gasteiger partial charge in [-0.15, -0.1) is 0 Å². The summed E-state index contributed by atoms with van der Waals surface area (Å²) in [5.41, 5.74) is 1.09. The Labute approximate surface area is 128 Å². The Morgan fingerprint density at radius 1 is 1.43 bits per heavy atom. The summed E-state index contributed by atoms with van der Waals surface area (Å²) in [4.78, 5) is 0.